The zero-order valence-corrected chi connectivity index (χ0v) is 13.6. The predicted molar refractivity (Wildman–Crippen MR) is 89.1 cm³/mol. The highest BCUT2D eigenvalue weighted by atomic mass is 32.1. The van der Waals surface area contributed by atoms with E-state index in [2.05, 4.69) is 22.8 Å². The monoisotopic (exact) mass is 328 g/mol. The zero-order valence-electron chi connectivity index (χ0n) is 12.8. The first-order valence-electron chi connectivity index (χ1n) is 7.38. The zero-order chi connectivity index (χ0) is 16.1. The first-order chi connectivity index (χ1) is 11.3. The Morgan fingerprint density at radius 3 is 2.65 bits per heavy atom. The van der Waals surface area contributed by atoms with E-state index in [0.29, 0.717) is 5.56 Å². The molecule has 2 heterocycles. The van der Waals surface area contributed by atoms with E-state index in [-0.39, 0.29) is 5.97 Å². The summed E-state index contributed by atoms with van der Waals surface area (Å²) in [5.74, 6) is 1.41. The number of carbonyl (C=O) groups is 1. The molecule has 0 amide bonds. The maximum atomic E-state index is 11.4. The highest BCUT2D eigenvalue weighted by Crippen LogP contribution is 2.22. The van der Waals surface area contributed by atoms with Gasteiger partial charge in [0.05, 0.1) is 17.6 Å². The highest BCUT2D eigenvalue weighted by molar-refractivity contribution is 7.09. The van der Waals surface area contributed by atoms with Gasteiger partial charge in [-0.2, -0.15) is 0 Å². The van der Waals surface area contributed by atoms with Crippen molar-refractivity contribution in [3.05, 3.63) is 70.1 Å². The van der Waals surface area contributed by atoms with Gasteiger partial charge in [-0.05, 0) is 35.7 Å². The minimum absolute atomic E-state index is 0.333. The molecule has 4 nitrogen and oxygen atoms in total. The number of methoxy groups -OCH3 is 1. The molecule has 0 saturated heterocycles. The standard InChI is InChI=1S/C18H17NO3S/c1-21-18(20)14-6-4-13(5-7-14)17-9-8-15(22-17)11-19-12-16-3-2-10-23-16/h2-10,19H,11-12H2,1H3/p+1. The van der Waals surface area contributed by atoms with Crippen molar-refractivity contribution in [2.45, 2.75) is 13.1 Å². The van der Waals surface area contributed by atoms with Gasteiger partial charge in [0.2, 0.25) is 0 Å². The second-order valence-corrected chi connectivity index (χ2v) is 6.14. The van der Waals surface area contributed by atoms with Crippen molar-refractivity contribution in [1.82, 2.24) is 0 Å². The predicted octanol–water partition coefficient (Wildman–Crippen LogP) is 3.06. The molecule has 0 fully saturated rings. The minimum Gasteiger partial charge on any atom is -0.465 e. The minimum atomic E-state index is -0.333. The summed E-state index contributed by atoms with van der Waals surface area (Å²) in [6.07, 6.45) is 0. The van der Waals surface area contributed by atoms with Crippen LogP contribution in [0.3, 0.4) is 0 Å². The average Bonchev–Trinajstić information content (AvgIpc) is 3.26. The summed E-state index contributed by atoms with van der Waals surface area (Å²) in [4.78, 5) is 12.8. The number of hydrogen-bond donors (Lipinski definition) is 1. The van der Waals surface area contributed by atoms with Crippen LogP contribution >= 0.6 is 11.3 Å². The third-order valence-electron chi connectivity index (χ3n) is 3.52. The summed E-state index contributed by atoms with van der Waals surface area (Å²) in [6.45, 7) is 1.76. The number of nitrogens with two attached hydrogens (primary N) is 1. The van der Waals surface area contributed by atoms with Crippen LogP contribution in [0, 0.1) is 0 Å². The van der Waals surface area contributed by atoms with E-state index in [0.717, 1.165) is 30.2 Å². The number of hydrogen-bond acceptors (Lipinski definition) is 4. The number of furan rings is 1. The average molecular weight is 328 g/mol. The lowest BCUT2D eigenvalue weighted by molar-refractivity contribution is -0.687. The molecular weight excluding hydrogens is 310 g/mol. The van der Waals surface area contributed by atoms with Crippen molar-refractivity contribution in [1.29, 1.82) is 0 Å². The Morgan fingerprint density at radius 2 is 1.96 bits per heavy atom. The van der Waals surface area contributed by atoms with Crippen LogP contribution in [0.2, 0.25) is 0 Å². The van der Waals surface area contributed by atoms with Gasteiger partial charge in [0.1, 0.15) is 18.8 Å². The van der Waals surface area contributed by atoms with Gasteiger partial charge >= 0.3 is 5.97 Å². The number of carbonyl (C=O) groups excluding carboxylic acids is 1. The van der Waals surface area contributed by atoms with Crippen LogP contribution in [-0.2, 0) is 17.8 Å². The maximum Gasteiger partial charge on any atom is 0.337 e. The molecule has 0 aliphatic carbocycles. The summed E-state index contributed by atoms with van der Waals surface area (Å²) in [6, 6.07) is 15.4. The van der Waals surface area contributed by atoms with Crippen molar-refractivity contribution in [3.63, 3.8) is 0 Å². The van der Waals surface area contributed by atoms with Gasteiger partial charge in [-0.25, -0.2) is 4.79 Å². The van der Waals surface area contributed by atoms with E-state index in [1.54, 1.807) is 23.5 Å². The number of benzene rings is 1. The molecule has 0 saturated carbocycles. The van der Waals surface area contributed by atoms with E-state index in [1.807, 2.05) is 24.3 Å². The van der Waals surface area contributed by atoms with Gasteiger partial charge < -0.3 is 14.5 Å². The lowest BCUT2D eigenvalue weighted by Crippen LogP contribution is -2.80. The van der Waals surface area contributed by atoms with Crippen LogP contribution < -0.4 is 5.32 Å². The Balaban J connectivity index is 1.61. The largest absolute Gasteiger partial charge is 0.465 e. The first kappa shape index (κ1) is 15.5. The second kappa shape index (κ2) is 7.26. The number of rotatable bonds is 6. The van der Waals surface area contributed by atoms with Crippen LogP contribution in [0.1, 0.15) is 21.0 Å². The van der Waals surface area contributed by atoms with Crippen molar-refractivity contribution < 1.29 is 19.3 Å². The molecule has 1 aromatic carbocycles. The van der Waals surface area contributed by atoms with Gasteiger partial charge in [0.15, 0.2) is 5.76 Å². The molecule has 0 aliphatic rings. The third-order valence-corrected chi connectivity index (χ3v) is 4.42. The normalized spacial score (nSPS) is 10.7. The fraction of sp³-hybridized carbons (Fsp3) is 0.167. The van der Waals surface area contributed by atoms with E-state index in [4.69, 9.17) is 9.15 Å². The molecule has 3 rings (SSSR count). The number of quaternary nitrogens is 1. The number of esters is 1. The molecule has 0 atom stereocenters. The fourth-order valence-electron chi connectivity index (χ4n) is 2.32. The molecule has 5 heteroatoms. The first-order valence-corrected chi connectivity index (χ1v) is 8.26. The lowest BCUT2D eigenvalue weighted by Gasteiger charge is -2.01. The smallest absolute Gasteiger partial charge is 0.337 e. The molecule has 118 valence electrons. The summed E-state index contributed by atoms with van der Waals surface area (Å²) in [7, 11) is 1.38. The molecule has 3 aromatic rings. The van der Waals surface area contributed by atoms with Gasteiger partial charge in [-0.1, -0.05) is 18.2 Å². The van der Waals surface area contributed by atoms with Crippen LogP contribution in [0.4, 0.5) is 0 Å². The van der Waals surface area contributed by atoms with Gasteiger partial charge in [0, 0.05) is 5.56 Å². The van der Waals surface area contributed by atoms with Crippen molar-refractivity contribution >= 4 is 17.3 Å². The van der Waals surface area contributed by atoms with Crippen molar-refractivity contribution in [2.24, 2.45) is 0 Å². The molecule has 2 aromatic heterocycles. The Bertz CT molecular complexity index is 760. The summed E-state index contributed by atoms with van der Waals surface area (Å²) in [5, 5.41) is 4.31. The van der Waals surface area contributed by atoms with E-state index in [1.165, 1.54) is 12.0 Å². The second-order valence-electron chi connectivity index (χ2n) is 5.11. The van der Waals surface area contributed by atoms with Gasteiger partial charge in [-0.3, -0.25) is 0 Å². The third kappa shape index (κ3) is 3.88. The Labute approximate surface area is 138 Å². The molecule has 0 spiro atoms. The quantitative estimate of drug-likeness (QED) is 0.708. The van der Waals surface area contributed by atoms with Crippen LogP contribution in [0.5, 0.6) is 0 Å². The summed E-state index contributed by atoms with van der Waals surface area (Å²) >= 11 is 1.77. The van der Waals surface area contributed by atoms with E-state index >= 15 is 0 Å². The Morgan fingerprint density at radius 1 is 1.13 bits per heavy atom. The van der Waals surface area contributed by atoms with Crippen molar-refractivity contribution in [2.75, 3.05) is 7.11 Å². The molecule has 0 unspecified atom stereocenters. The van der Waals surface area contributed by atoms with E-state index < -0.39 is 0 Å². The SMILES string of the molecule is COC(=O)c1ccc(-c2ccc(C[NH2+]Cc3cccs3)o2)cc1. The fourth-order valence-corrected chi connectivity index (χ4v) is 3.02. The van der Waals surface area contributed by atoms with Gasteiger partial charge in [-0.15, -0.1) is 11.3 Å². The topological polar surface area (TPSA) is 56.0 Å². The van der Waals surface area contributed by atoms with E-state index in [9.17, 15) is 4.79 Å². The molecule has 0 radical (unpaired) electrons. The number of thiophene rings is 1. The molecule has 0 aliphatic heterocycles. The lowest BCUT2D eigenvalue weighted by atomic mass is 10.1. The number of ether oxygens (including phenoxy) is 1. The molecule has 0 bridgehead atoms. The molecule has 2 N–H and O–H groups in total. The van der Waals surface area contributed by atoms with Crippen LogP contribution in [0.25, 0.3) is 11.3 Å². The Kier molecular flexibility index (Phi) is 4.90. The Hall–Kier alpha value is -2.37. The van der Waals surface area contributed by atoms with Gasteiger partial charge in [0.25, 0.3) is 0 Å². The van der Waals surface area contributed by atoms with Crippen molar-refractivity contribution in [3.8, 4) is 11.3 Å². The molecular formula is C18H18NO3S+. The van der Waals surface area contributed by atoms with Crippen LogP contribution in [0.15, 0.2) is 58.3 Å². The molecule has 23 heavy (non-hydrogen) atoms. The highest BCUT2D eigenvalue weighted by Gasteiger charge is 2.09. The summed E-state index contributed by atoms with van der Waals surface area (Å²) < 4.78 is 10.6. The maximum absolute atomic E-state index is 11.4. The van der Waals surface area contributed by atoms with Crippen LogP contribution in [-0.4, -0.2) is 13.1 Å². The summed E-state index contributed by atoms with van der Waals surface area (Å²) in [5.41, 5.74) is 1.48.